The average molecular weight is 252 g/mol. The molecular formula is C17H32O. The molecule has 1 N–H and O–H groups in total. The molecule has 0 radical (unpaired) electrons. The average Bonchev–Trinajstić information content (AvgIpc) is 2.46. The van der Waals surface area contributed by atoms with Crippen LogP contribution in [0.15, 0.2) is 0 Å². The summed E-state index contributed by atoms with van der Waals surface area (Å²) in [7, 11) is 0. The van der Waals surface area contributed by atoms with Crippen molar-refractivity contribution in [1.29, 1.82) is 0 Å². The van der Waals surface area contributed by atoms with Gasteiger partial charge in [0.2, 0.25) is 0 Å². The largest absolute Gasteiger partial charge is 0.396 e. The highest BCUT2D eigenvalue weighted by atomic mass is 16.3. The van der Waals surface area contributed by atoms with Crippen LogP contribution in [0.2, 0.25) is 0 Å². The number of hydrogen-bond donors (Lipinski definition) is 1. The second-order valence-corrected chi connectivity index (χ2v) is 6.94. The summed E-state index contributed by atoms with van der Waals surface area (Å²) < 4.78 is 0. The molecule has 2 aliphatic carbocycles. The van der Waals surface area contributed by atoms with Crippen LogP contribution in [-0.4, -0.2) is 11.7 Å². The van der Waals surface area contributed by atoms with Gasteiger partial charge in [-0.2, -0.15) is 0 Å². The van der Waals surface area contributed by atoms with E-state index in [9.17, 15) is 0 Å². The minimum Gasteiger partial charge on any atom is -0.396 e. The molecule has 1 heteroatoms. The normalized spacial score (nSPS) is 37.7. The predicted octanol–water partition coefficient (Wildman–Crippen LogP) is 4.78. The third-order valence-corrected chi connectivity index (χ3v) is 5.75. The van der Waals surface area contributed by atoms with Crippen LogP contribution in [0, 0.1) is 23.7 Å². The molecule has 2 aliphatic rings. The predicted molar refractivity (Wildman–Crippen MR) is 77.5 cm³/mol. The first-order valence-electron chi connectivity index (χ1n) is 8.42. The summed E-state index contributed by atoms with van der Waals surface area (Å²) in [5, 5.41) is 9.16. The third-order valence-electron chi connectivity index (χ3n) is 5.75. The maximum absolute atomic E-state index is 9.16. The smallest absolute Gasteiger partial charge is 0.0459 e. The van der Waals surface area contributed by atoms with Gasteiger partial charge in [0.15, 0.2) is 0 Å². The van der Waals surface area contributed by atoms with Crippen molar-refractivity contribution in [3.63, 3.8) is 0 Å². The van der Waals surface area contributed by atoms with E-state index in [1.807, 2.05) is 0 Å². The lowest BCUT2D eigenvalue weighted by Gasteiger charge is -2.31. The Hall–Kier alpha value is -0.0400. The van der Waals surface area contributed by atoms with Crippen molar-refractivity contribution in [2.75, 3.05) is 6.61 Å². The van der Waals surface area contributed by atoms with Crippen molar-refractivity contribution in [1.82, 2.24) is 0 Å². The minimum absolute atomic E-state index is 0.424. The van der Waals surface area contributed by atoms with Crippen molar-refractivity contribution in [3.05, 3.63) is 0 Å². The monoisotopic (exact) mass is 252 g/mol. The van der Waals surface area contributed by atoms with Gasteiger partial charge in [0.05, 0.1) is 0 Å². The Morgan fingerprint density at radius 2 is 1.06 bits per heavy atom. The SMILES string of the molecule is CC[C@H]1CC[C@H](CC[C@H]2CC[C@H](CO)CC2)CC1. The summed E-state index contributed by atoms with van der Waals surface area (Å²) in [5.74, 6) is 3.70. The highest BCUT2D eigenvalue weighted by Gasteiger charge is 2.23. The van der Waals surface area contributed by atoms with E-state index >= 15 is 0 Å². The van der Waals surface area contributed by atoms with Gasteiger partial charge in [-0.3, -0.25) is 0 Å². The zero-order valence-corrected chi connectivity index (χ0v) is 12.2. The zero-order chi connectivity index (χ0) is 12.8. The van der Waals surface area contributed by atoms with E-state index in [2.05, 4.69) is 6.92 Å². The van der Waals surface area contributed by atoms with E-state index in [1.165, 1.54) is 70.6 Å². The quantitative estimate of drug-likeness (QED) is 0.746. The van der Waals surface area contributed by atoms with E-state index in [1.54, 1.807) is 0 Å². The first-order valence-corrected chi connectivity index (χ1v) is 8.42. The van der Waals surface area contributed by atoms with Crippen molar-refractivity contribution >= 4 is 0 Å². The summed E-state index contributed by atoms with van der Waals surface area (Å²) in [6, 6.07) is 0. The summed E-state index contributed by atoms with van der Waals surface area (Å²) in [4.78, 5) is 0. The van der Waals surface area contributed by atoms with Gasteiger partial charge in [-0.15, -0.1) is 0 Å². The van der Waals surface area contributed by atoms with Crippen LogP contribution in [0.1, 0.15) is 77.6 Å². The number of hydrogen-bond acceptors (Lipinski definition) is 1. The van der Waals surface area contributed by atoms with E-state index in [4.69, 9.17) is 5.11 Å². The molecular weight excluding hydrogens is 220 g/mol. The molecule has 0 unspecified atom stereocenters. The molecule has 0 saturated heterocycles. The molecule has 0 aromatic rings. The molecule has 0 spiro atoms. The lowest BCUT2D eigenvalue weighted by Crippen LogP contribution is -2.19. The highest BCUT2D eigenvalue weighted by molar-refractivity contribution is 4.76. The Morgan fingerprint density at radius 3 is 1.44 bits per heavy atom. The second-order valence-electron chi connectivity index (χ2n) is 6.94. The Kier molecular flexibility index (Phi) is 6.01. The van der Waals surface area contributed by atoms with E-state index < -0.39 is 0 Å². The molecule has 2 saturated carbocycles. The molecule has 0 bridgehead atoms. The molecule has 0 aromatic carbocycles. The number of aliphatic hydroxyl groups is 1. The van der Waals surface area contributed by atoms with Crippen molar-refractivity contribution < 1.29 is 5.11 Å². The van der Waals surface area contributed by atoms with Crippen LogP contribution in [0.5, 0.6) is 0 Å². The van der Waals surface area contributed by atoms with Gasteiger partial charge in [0, 0.05) is 6.61 Å². The Balaban J connectivity index is 1.58. The number of rotatable bonds is 5. The molecule has 0 atom stereocenters. The minimum atomic E-state index is 0.424. The van der Waals surface area contributed by atoms with Crippen LogP contribution in [0.25, 0.3) is 0 Å². The van der Waals surface area contributed by atoms with E-state index in [-0.39, 0.29) is 0 Å². The van der Waals surface area contributed by atoms with Crippen LogP contribution >= 0.6 is 0 Å². The lowest BCUT2D eigenvalue weighted by atomic mass is 9.75. The Morgan fingerprint density at radius 1 is 0.667 bits per heavy atom. The first-order chi connectivity index (χ1) is 8.81. The second kappa shape index (κ2) is 7.53. The Bertz CT molecular complexity index is 186. The molecule has 106 valence electrons. The van der Waals surface area contributed by atoms with Gasteiger partial charge in [-0.1, -0.05) is 64.7 Å². The molecule has 0 amide bonds. The van der Waals surface area contributed by atoms with Gasteiger partial charge in [-0.05, 0) is 36.5 Å². The van der Waals surface area contributed by atoms with Crippen LogP contribution < -0.4 is 0 Å². The molecule has 0 heterocycles. The summed E-state index contributed by atoms with van der Waals surface area (Å²) >= 11 is 0. The zero-order valence-electron chi connectivity index (χ0n) is 12.2. The molecule has 0 aliphatic heterocycles. The van der Waals surface area contributed by atoms with Crippen LogP contribution in [-0.2, 0) is 0 Å². The fourth-order valence-corrected chi connectivity index (χ4v) is 4.10. The molecule has 0 aromatic heterocycles. The summed E-state index contributed by atoms with van der Waals surface area (Å²) in [5.41, 5.74) is 0. The van der Waals surface area contributed by atoms with Gasteiger partial charge in [0.1, 0.15) is 0 Å². The molecule has 1 nitrogen and oxygen atoms in total. The van der Waals surface area contributed by atoms with Crippen LogP contribution in [0.4, 0.5) is 0 Å². The van der Waals surface area contributed by atoms with Gasteiger partial charge >= 0.3 is 0 Å². The summed E-state index contributed by atoms with van der Waals surface area (Å²) in [6.07, 6.45) is 15.7. The van der Waals surface area contributed by atoms with Gasteiger partial charge in [-0.25, -0.2) is 0 Å². The van der Waals surface area contributed by atoms with Crippen LogP contribution in [0.3, 0.4) is 0 Å². The van der Waals surface area contributed by atoms with E-state index in [0.717, 1.165) is 17.8 Å². The summed E-state index contributed by atoms with van der Waals surface area (Å²) in [6.45, 7) is 2.78. The maximum atomic E-state index is 9.16. The third kappa shape index (κ3) is 4.26. The van der Waals surface area contributed by atoms with Gasteiger partial charge in [0.25, 0.3) is 0 Å². The fourth-order valence-electron chi connectivity index (χ4n) is 4.10. The molecule has 2 fully saturated rings. The molecule has 18 heavy (non-hydrogen) atoms. The lowest BCUT2D eigenvalue weighted by molar-refractivity contribution is 0.157. The van der Waals surface area contributed by atoms with E-state index in [0.29, 0.717) is 12.5 Å². The standard InChI is InChI=1S/C17H32O/c1-2-14-3-5-15(6-4-14)7-8-16-9-11-17(13-18)12-10-16/h14-18H,2-13H2,1H3/t14-,15-,16-,17-. The van der Waals surface area contributed by atoms with Crippen molar-refractivity contribution in [3.8, 4) is 0 Å². The highest BCUT2D eigenvalue weighted by Crippen LogP contribution is 2.37. The Labute approximate surface area is 113 Å². The van der Waals surface area contributed by atoms with Crippen molar-refractivity contribution in [2.45, 2.75) is 77.6 Å². The number of aliphatic hydroxyl groups excluding tert-OH is 1. The fraction of sp³-hybridized carbons (Fsp3) is 1.00. The topological polar surface area (TPSA) is 20.2 Å². The van der Waals surface area contributed by atoms with Crippen molar-refractivity contribution in [2.24, 2.45) is 23.7 Å². The van der Waals surface area contributed by atoms with Gasteiger partial charge < -0.3 is 5.11 Å². The molecule has 2 rings (SSSR count). The first kappa shape index (κ1) is 14.4. The maximum Gasteiger partial charge on any atom is 0.0459 e.